The fraction of sp³-hybridized carbons (Fsp3) is 0.545. The average Bonchev–Trinajstić information content (AvgIpc) is 3.29. The molecule has 0 radical (unpaired) electrons. The van der Waals surface area contributed by atoms with E-state index in [1.807, 2.05) is 6.92 Å². The quantitative estimate of drug-likeness (QED) is 0.701. The smallest absolute Gasteiger partial charge is 0.246 e. The number of hydrogen-bond acceptors (Lipinski definition) is 6. The number of sulfonamides is 1. The molecular weight excluding hydrogens is 400 g/mol. The van der Waals surface area contributed by atoms with Gasteiger partial charge in [-0.1, -0.05) is 12.1 Å². The number of hydrogen-bond donors (Lipinski definition) is 0. The number of nitrogens with zero attached hydrogens (tertiary/aromatic N) is 4. The molecule has 0 aliphatic carbocycles. The Bertz CT molecular complexity index is 982. The average molecular weight is 431 g/mol. The lowest BCUT2D eigenvalue weighted by Gasteiger charge is -2.31. The third-order valence-corrected chi connectivity index (χ3v) is 8.00. The Morgan fingerprint density at radius 1 is 1.07 bits per heavy atom. The number of aromatic nitrogens is 2. The van der Waals surface area contributed by atoms with Gasteiger partial charge >= 0.3 is 0 Å². The zero-order chi connectivity index (χ0) is 21.1. The highest BCUT2D eigenvalue weighted by atomic mass is 32.2. The van der Waals surface area contributed by atoms with Gasteiger partial charge in [0.15, 0.2) is 0 Å². The van der Waals surface area contributed by atoms with Crippen LogP contribution in [0.25, 0.3) is 0 Å². The van der Waals surface area contributed by atoms with Crippen LogP contribution in [-0.2, 0) is 16.4 Å². The van der Waals surface area contributed by atoms with E-state index in [0.717, 1.165) is 49.7 Å². The first-order valence-electron chi connectivity index (χ1n) is 10.7. The first-order valence-corrected chi connectivity index (χ1v) is 12.1. The number of benzene rings is 1. The van der Waals surface area contributed by atoms with Crippen molar-refractivity contribution in [2.24, 2.45) is 5.92 Å². The highest BCUT2D eigenvalue weighted by molar-refractivity contribution is 7.89. The Hall–Kier alpha value is -2.19. The van der Waals surface area contributed by atoms with Gasteiger partial charge in [-0.2, -0.15) is 4.31 Å². The number of methoxy groups -OCH3 is 1. The molecule has 0 N–H and O–H groups in total. The van der Waals surface area contributed by atoms with Crippen LogP contribution in [-0.4, -0.2) is 56.0 Å². The molecule has 2 aliphatic heterocycles. The van der Waals surface area contributed by atoms with E-state index in [9.17, 15) is 8.42 Å². The van der Waals surface area contributed by atoms with E-state index in [0.29, 0.717) is 24.8 Å². The van der Waals surface area contributed by atoms with Crippen molar-refractivity contribution in [3.63, 3.8) is 0 Å². The van der Waals surface area contributed by atoms with Crippen molar-refractivity contribution < 1.29 is 13.2 Å². The van der Waals surface area contributed by atoms with E-state index in [1.54, 1.807) is 28.6 Å². The summed E-state index contributed by atoms with van der Waals surface area (Å²) in [6.45, 7) is 5.12. The summed E-state index contributed by atoms with van der Waals surface area (Å²) in [7, 11) is -2.05. The lowest BCUT2D eigenvalue weighted by Crippen LogP contribution is -2.39. The molecule has 2 saturated heterocycles. The molecule has 0 atom stereocenters. The van der Waals surface area contributed by atoms with Crippen molar-refractivity contribution in [3.8, 4) is 5.75 Å². The summed E-state index contributed by atoms with van der Waals surface area (Å²) in [6.07, 6.45) is 4.97. The molecule has 2 aliphatic rings. The summed E-state index contributed by atoms with van der Waals surface area (Å²) in [5.74, 6) is 2.66. The molecule has 2 fully saturated rings. The van der Waals surface area contributed by atoms with Crippen LogP contribution >= 0.6 is 0 Å². The predicted octanol–water partition coefficient (Wildman–Crippen LogP) is 3.04. The van der Waals surface area contributed by atoms with E-state index in [4.69, 9.17) is 4.74 Å². The van der Waals surface area contributed by atoms with Crippen molar-refractivity contribution in [2.45, 2.75) is 43.9 Å². The molecule has 30 heavy (non-hydrogen) atoms. The summed E-state index contributed by atoms with van der Waals surface area (Å²) < 4.78 is 33.0. The molecular formula is C22H30N4O3S. The van der Waals surface area contributed by atoms with Crippen LogP contribution in [0.2, 0.25) is 0 Å². The second-order valence-electron chi connectivity index (χ2n) is 8.16. The Kier molecular flexibility index (Phi) is 6.24. The number of ether oxygens (including phenoxy) is 1. The van der Waals surface area contributed by atoms with Gasteiger partial charge in [0, 0.05) is 37.9 Å². The molecule has 162 valence electrons. The van der Waals surface area contributed by atoms with Crippen molar-refractivity contribution >= 4 is 15.8 Å². The Labute approximate surface area is 179 Å². The van der Waals surface area contributed by atoms with E-state index >= 15 is 0 Å². The standard InChI is InChI=1S/C22H30N4O3S/c1-17-23-19(16-22(24-17)25-11-5-6-12-25)15-18-9-13-26(14-10-18)30(27,28)21-8-4-3-7-20(21)29-2/h3-4,7-8,16,18H,5-6,9-15H2,1-2H3. The molecule has 2 aromatic rings. The summed E-state index contributed by atoms with van der Waals surface area (Å²) in [5.41, 5.74) is 1.07. The maximum atomic E-state index is 13.1. The van der Waals surface area contributed by atoms with Gasteiger partial charge in [-0.3, -0.25) is 0 Å². The monoisotopic (exact) mass is 430 g/mol. The van der Waals surface area contributed by atoms with E-state index < -0.39 is 10.0 Å². The minimum absolute atomic E-state index is 0.243. The van der Waals surface area contributed by atoms with E-state index in [1.165, 1.54) is 20.0 Å². The molecule has 3 heterocycles. The highest BCUT2D eigenvalue weighted by Gasteiger charge is 2.31. The Morgan fingerprint density at radius 2 is 1.77 bits per heavy atom. The van der Waals surface area contributed by atoms with E-state index in [2.05, 4.69) is 20.9 Å². The van der Waals surface area contributed by atoms with Gasteiger partial charge in [0.2, 0.25) is 10.0 Å². The molecule has 0 spiro atoms. The first-order chi connectivity index (χ1) is 14.5. The van der Waals surface area contributed by atoms with Gasteiger partial charge in [0.25, 0.3) is 0 Å². The molecule has 0 unspecified atom stereocenters. The van der Waals surface area contributed by atoms with Crippen LogP contribution in [0.5, 0.6) is 5.75 Å². The van der Waals surface area contributed by atoms with Gasteiger partial charge in [-0.25, -0.2) is 18.4 Å². The van der Waals surface area contributed by atoms with Gasteiger partial charge in [-0.15, -0.1) is 0 Å². The van der Waals surface area contributed by atoms with Gasteiger partial charge < -0.3 is 9.64 Å². The predicted molar refractivity (Wildman–Crippen MR) is 116 cm³/mol. The van der Waals surface area contributed by atoms with Crippen molar-refractivity contribution in [1.82, 2.24) is 14.3 Å². The maximum absolute atomic E-state index is 13.1. The minimum atomic E-state index is -3.55. The second kappa shape index (κ2) is 8.89. The molecule has 0 bridgehead atoms. The zero-order valence-corrected chi connectivity index (χ0v) is 18.6. The topological polar surface area (TPSA) is 75.6 Å². The SMILES string of the molecule is COc1ccccc1S(=O)(=O)N1CCC(Cc2cc(N3CCCC3)nc(C)n2)CC1. The number of anilines is 1. The van der Waals surface area contributed by atoms with Crippen LogP contribution in [0.1, 0.15) is 37.2 Å². The Balaban J connectivity index is 1.41. The molecule has 1 aromatic carbocycles. The summed E-state index contributed by atoms with van der Waals surface area (Å²) in [4.78, 5) is 11.8. The summed E-state index contributed by atoms with van der Waals surface area (Å²) in [5, 5.41) is 0. The normalized spacial score (nSPS) is 18.7. The van der Waals surface area contributed by atoms with Crippen LogP contribution < -0.4 is 9.64 Å². The molecule has 8 heteroatoms. The molecule has 7 nitrogen and oxygen atoms in total. The molecule has 4 rings (SSSR count). The highest BCUT2D eigenvalue weighted by Crippen LogP contribution is 2.30. The number of piperidine rings is 1. The number of para-hydroxylation sites is 1. The maximum Gasteiger partial charge on any atom is 0.246 e. The number of aryl methyl sites for hydroxylation is 1. The van der Waals surface area contributed by atoms with Crippen molar-refractivity contribution in [1.29, 1.82) is 0 Å². The minimum Gasteiger partial charge on any atom is -0.495 e. The fourth-order valence-electron chi connectivity index (χ4n) is 4.45. The fourth-order valence-corrected chi connectivity index (χ4v) is 6.07. The largest absolute Gasteiger partial charge is 0.495 e. The van der Waals surface area contributed by atoms with Crippen LogP contribution in [0.4, 0.5) is 5.82 Å². The first kappa shape index (κ1) is 21.1. The van der Waals surface area contributed by atoms with Crippen LogP contribution in [0, 0.1) is 12.8 Å². The van der Waals surface area contributed by atoms with Gasteiger partial charge in [-0.05, 0) is 57.1 Å². The van der Waals surface area contributed by atoms with Crippen molar-refractivity contribution in [2.75, 3.05) is 38.2 Å². The van der Waals surface area contributed by atoms with Gasteiger partial charge in [0.05, 0.1) is 7.11 Å². The third-order valence-electron chi connectivity index (χ3n) is 6.07. The van der Waals surface area contributed by atoms with Crippen LogP contribution in [0.15, 0.2) is 35.2 Å². The lowest BCUT2D eigenvalue weighted by atomic mass is 9.93. The Morgan fingerprint density at radius 3 is 2.47 bits per heavy atom. The number of rotatable bonds is 6. The second-order valence-corrected chi connectivity index (χ2v) is 10.1. The molecule has 0 amide bonds. The lowest BCUT2D eigenvalue weighted by molar-refractivity contribution is 0.270. The van der Waals surface area contributed by atoms with Crippen LogP contribution in [0.3, 0.4) is 0 Å². The zero-order valence-electron chi connectivity index (χ0n) is 17.7. The summed E-state index contributed by atoms with van der Waals surface area (Å²) >= 11 is 0. The summed E-state index contributed by atoms with van der Waals surface area (Å²) in [6, 6.07) is 8.94. The third kappa shape index (κ3) is 4.44. The van der Waals surface area contributed by atoms with Crippen molar-refractivity contribution in [3.05, 3.63) is 41.9 Å². The molecule has 0 saturated carbocycles. The van der Waals surface area contributed by atoms with Gasteiger partial charge in [0.1, 0.15) is 22.3 Å². The van der Waals surface area contributed by atoms with E-state index in [-0.39, 0.29) is 4.90 Å². The molecule has 1 aromatic heterocycles.